The number of hydrogen-bond donors (Lipinski definition) is 2. The summed E-state index contributed by atoms with van der Waals surface area (Å²) < 4.78 is 0. The Morgan fingerprint density at radius 2 is 2.00 bits per heavy atom. The third kappa shape index (κ3) is 3.49. The van der Waals surface area contributed by atoms with Crippen LogP contribution in [-0.2, 0) is 0 Å². The van der Waals surface area contributed by atoms with E-state index in [0.29, 0.717) is 18.5 Å². The minimum atomic E-state index is 0.306. The minimum Gasteiger partial charge on any atom is -0.330 e. The fourth-order valence-electron chi connectivity index (χ4n) is 0.793. The van der Waals surface area contributed by atoms with E-state index in [1.54, 1.807) is 0 Å². The zero-order chi connectivity index (χ0) is 7.28. The molecule has 0 aromatic carbocycles. The van der Waals surface area contributed by atoms with Gasteiger partial charge in [0.15, 0.2) is 0 Å². The third-order valence-electron chi connectivity index (χ3n) is 1.72. The summed E-state index contributed by atoms with van der Waals surface area (Å²) in [7, 11) is 0. The van der Waals surface area contributed by atoms with E-state index in [1.165, 1.54) is 0 Å². The van der Waals surface area contributed by atoms with Crippen molar-refractivity contribution in [2.75, 3.05) is 6.54 Å². The fourth-order valence-corrected chi connectivity index (χ4v) is 0.793. The van der Waals surface area contributed by atoms with Crippen LogP contribution in [0.15, 0.2) is 0 Å². The van der Waals surface area contributed by atoms with Gasteiger partial charge in [0.05, 0.1) is 0 Å². The number of hydrogen-bond acceptors (Lipinski definition) is 2. The molecule has 0 saturated carbocycles. The molecule has 0 aliphatic carbocycles. The van der Waals surface area contributed by atoms with Crippen molar-refractivity contribution in [2.24, 2.45) is 17.4 Å². The largest absolute Gasteiger partial charge is 0.330 e. The van der Waals surface area contributed by atoms with Crippen LogP contribution in [0.4, 0.5) is 0 Å². The van der Waals surface area contributed by atoms with Crippen molar-refractivity contribution in [1.82, 2.24) is 0 Å². The molecule has 2 heteroatoms. The second-order valence-electron chi connectivity index (χ2n) is 2.67. The summed E-state index contributed by atoms with van der Waals surface area (Å²) in [6, 6.07) is 0.306. The van der Waals surface area contributed by atoms with Crippen LogP contribution >= 0.6 is 0 Å². The van der Waals surface area contributed by atoms with E-state index >= 15 is 0 Å². The highest BCUT2D eigenvalue weighted by atomic mass is 14.7. The highest BCUT2D eigenvalue weighted by molar-refractivity contribution is 4.68. The second-order valence-corrected chi connectivity index (χ2v) is 2.67. The van der Waals surface area contributed by atoms with E-state index < -0.39 is 0 Å². The molecule has 2 atom stereocenters. The smallest absolute Gasteiger partial charge is 0.00764 e. The van der Waals surface area contributed by atoms with Crippen LogP contribution in [0.1, 0.15) is 26.7 Å². The van der Waals surface area contributed by atoms with E-state index in [1.807, 2.05) is 0 Å². The summed E-state index contributed by atoms with van der Waals surface area (Å²) in [6.07, 6.45) is 2.25. The molecule has 0 aliphatic rings. The Bertz CT molecular complexity index is 63.9. The van der Waals surface area contributed by atoms with E-state index in [0.717, 1.165) is 12.8 Å². The molecular formula is C7H18N2. The summed E-state index contributed by atoms with van der Waals surface area (Å²) >= 11 is 0. The molecule has 0 aromatic rings. The number of nitrogens with two attached hydrogens (primary N) is 2. The van der Waals surface area contributed by atoms with Crippen molar-refractivity contribution in [2.45, 2.75) is 32.7 Å². The van der Waals surface area contributed by atoms with E-state index in [-0.39, 0.29) is 0 Å². The van der Waals surface area contributed by atoms with Gasteiger partial charge in [-0.1, -0.05) is 20.3 Å². The Hall–Kier alpha value is -0.0800. The average Bonchev–Trinajstić information content (AvgIpc) is 1.87. The van der Waals surface area contributed by atoms with Crippen molar-refractivity contribution < 1.29 is 0 Å². The quantitative estimate of drug-likeness (QED) is 0.589. The van der Waals surface area contributed by atoms with Gasteiger partial charge >= 0.3 is 0 Å². The van der Waals surface area contributed by atoms with Gasteiger partial charge in [-0.15, -0.1) is 0 Å². The topological polar surface area (TPSA) is 52.0 Å². The predicted molar refractivity (Wildman–Crippen MR) is 41.1 cm³/mol. The first kappa shape index (κ1) is 8.92. The van der Waals surface area contributed by atoms with Gasteiger partial charge < -0.3 is 11.5 Å². The summed E-state index contributed by atoms with van der Waals surface area (Å²) in [5.74, 6) is 0.477. The van der Waals surface area contributed by atoms with E-state index in [4.69, 9.17) is 11.5 Å². The molecule has 0 bridgehead atoms. The van der Waals surface area contributed by atoms with Crippen LogP contribution < -0.4 is 11.5 Å². The summed E-state index contributed by atoms with van der Waals surface area (Å²) in [5.41, 5.74) is 11.2. The van der Waals surface area contributed by atoms with Crippen molar-refractivity contribution in [1.29, 1.82) is 0 Å². The molecule has 56 valence electrons. The molecule has 0 rings (SSSR count). The van der Waals surface area contributed by atoms with Crippen LogP contribution in [0.5, 0.6) is 0 Å². The normalized spacial score (nSPS) is 17.3. The first-order valence-corrected chi connectivity index (χ1v) is 3.68. The van der Waals surface area contributed by atoms with Crippen molar-refractivity contribution in [3.63, 3.8) is 0 Å². The molecule has 9 heavy (non-hydrogen) atoms. The molecule has 0 spiro atoms. The van der Waals surface area contributed by atoms with Crippen molar-refractivity contribution in [3.05, 3.63) is 0 Å². The Morgan fingerprint density at radius 1 is 1.44 bits per heavy atom. The zero-order valence-corrected chi connectivity index (χ0v) is 6.43. The monoisotopic (exact) mass is 130 g/mol. The Morgan fingerprint density at radius 3 is 2.33 bits per heavy atom. The van der Waals surface area contributed by atoms with E-state index in [2.05, 4.69) is 13.8 Å². The molecule has 4 N–H and O–H groups in total. The molecule has 0 saturated heterocycles. The van der Waals surface area contributed by atoms with Gasteiger partial charge in [-0.2, -0.15) is 0 Å². The van der Waals surface area contributed by atoms with Crippen molar-refractivity contribution in [3.8, 4) is 0 Å². The fraction of sp³-hybridized carbons (Fsp3) is 1.00. The maximum absolute atomic E-state index is 5.76. The highest BCUT2D eigenvalue weighted by Gasteiger charge is 2.08. The van der Waals surface area contributed by atoms with Gasteiger partial charge in [-0.3, -0.25) is 0 Å². The zero-order valence-electron chi connectivity index (χ0n) is 6.43. The Labute approximate surface area is 57.6 Å². The highest BCUT2D eigenvalue weighted by Crippen LogP contribution is 2.03. The van der Waals surface area contributed by atoms with E-state index in [9.17, 15) is 0 Å². The maximum Gasteiger partial charge on any atom is 0.00764 e. The molecule has 0 heterocycles. The second kappa shape index (κ2) is 4.77. The average molecular weight is 130 g/mol. The van der Waals surface area contributed by atoms with Crippen molar-refractivity contribution >= 4 is 0 Å². The van der Waals surface area contributed by atoms with Crippen LogP contribution in [0.3, 0.4) is 0 Å². The van der Waals surface area contributed by atoms with Crippen LogP contribution in [0.2, 0.25) is 0 Å². The summed E-state index contributed by atoms with van der Waals surface area (Å²) in [5, 5.41) is 0. The molecule has 0 amide bonds. The van der Waals surface area contributed by atoms with Gasteiger partial charge in [0.1, 0.15) is 0 Å². The first-order chi connectivity index (χ1) is 4.22. The van der Waals surface area contributed by atoms with Gasteiger partial charge in [0.25, 0.3) is 0 Å². The Kier molecular flexibility index (Phi) is 4.72. The third-order valence-corrected chi connectivity index (χ3v) is 1.72. The summed E-state index contributed by atoms with van der Waals surface area (Å²) in [6.45, 7) is 4.95. The molecule has 2 nitrogen and oxygen atoms in total. The lowest BCUT2D eigenvalue weighted by atomic mass is 9.99. The minimum absolute atomic E-state index is 0.306. The van der Waals surface area contributed by atoms with Crippen LogP contribution in [-0.4, -0.2) is 12.6 Å². The van der Waals surface area contributed by atoms with Gasteiger partial charge in [-0.25, -0.2) is 0 Å². The first-order valence-electron chi connectivity index (χ1n) is 3.68. The van der Waals surface area contributed by atoms with Crippen LogP contribution in [0, 0.1) is 5.92 Å². The number of rotatable bonds is 4. The molecular weight excluding hydrogens is 112 g/mol. The van der Waals surface area contributed by atoms with Gasteiger partial charge in [0.2, 0.25) is 0 Å². The molecule has 0 fully saturated rings. The van der Waals surface area contributed by atoms with Gasteiger partial charge in [-0.05, 0) is 18.9 Å². The lowest BCUT2D eigenvalue weighted by Crippen LogP contribution is -2.32. The molecule has 0 radical (unpaired) electrons. The maximum atomic E-state index is 5.76. The SMILES string of the molecule is CCCC(N)C(C)CN. The molecule has 2 unspecified atom stereocenters. The molecule has 0 aromatic heterocycles. The predicted octanol–water partition coefficient (Wildman–Crippen LogP) is 0.709. The molecule has 0 aliphatic heterocycles. The lowest BCUT2D eigenvalue weighted by molar-refractivity contribution is 0.436. The lowest BCUT2D eigenvalue weighted by Gasteiger charge is -2.16. The Balaban J connectivity index is 3.32. The van der Waals surface area contributed by atoms with Gasteiger partial charge in [0, 0.05) is 6.04 Å². The standard InChI is InChI=1S/C7H18N2/c1-3-4-7(9)6(2)5-8/h6-7H,3-5,8-9H2,1-2H3. The summed E-state index contributed by atoms with van der Waals surface area (Å²) in [4.78, 5) is 0. The van der Waals surface area contributed by atoms with Crippen LogP contribution in [0.25, 0.3) is 0 Å².